The number of benzene rings is 2. The second-order valence-corrected chi connectivity index (χ2v) is 8.19. The summed E-state index contributed by atoms with van der Waals surface area (Å²) in [6, 6.07) is 8.93. The second-order valence-electron chi connectivity index (χ2n) is 8.19. The van der Waals surface area contributed by atoms with Gasteiger partial charge in [0.05, 0.1) is 12.0 Å². The van der Waals surface area contributed by atoms with Crippen LogP contribution in [0, 0.1) is 15.9 Å². The lowest BCUT2D eigenvalue weighted by Gasteiger charge is -2.29. The summed E-state index contributed by atoms with van der Waals surface area (Å²) in [6.07, 6.45) is 3.94. The molecule has 182 valence electrons. The maximum absolute atomic E-state index is 13.3. The summed E-state index contributed by atoms with van der Waals surface area (Å²) in [4.78, 5) is 37.8. The van der Waals surface area contributed by atoms with Crippen LogP contribution in [0.4, 0.5) is 10.1 Å². The van der Waals surface area contributed by atoms with Gasteiger partial charge in [-0.15, -0.1) is 0 Å². The van der Waals surface area contributed by atoms with Crippen LogP contribution in [0.15, 0.2) is 42.5 Å². The number of carbonyl (C=O) groups is 2. The molecule has 1 saturated carbocycles. The molecule has 0 aromatic heterocycles. The molecule has 1 fully saturated rings. The van der Waals surface area contributed by atoms with Crippen molar-refractivity contribution in [2.24, 2.45) is 0 Å². The Morgan fingerprint density at radius 2 is 1.88 bits per heavy atom. The third-order valence-corrected chi connectivity index (χ3v) is 5.85. The molecule has 2 aromatic carbocycles. The summed E-state index contributed by atoms with van der Waals surface area (Å²) >= 11 is 0. The second kappa shape index (κ2) is 11.4. The molecule has 0 radical (unpaired) electrons. The largest absolute Gasteiger partial charge is 0.490 e. The van der Waals surface area contributed by atoms with Crippen molar-refractivity contribution >= 4 is 17.5 Å². The van der Waals surface area contributed by atoms with E-state index < -0.39 is 29.3 Å². The minimum absolute atomic E-state index is 0.00225. The van der Waals surface area contributed by atoms with Gasteiger partial charge in [0.1, 0.15) is 17.6 Å². The highest BCUT2D eigenvalue weighted by Crippen LogP contribution is 2.30. The molecule has 9 nitrogen and oxygen atoms in total. The number of nitro benzene ring substituents is 1. The molecule has 0 aliphatic heterocycles. The fourth-order valence-electron chi connectivity index (χ4n) is 3.89. The number of nitrogens with zero attached hydrogens (tertiary/aromatic N) is 2. The van der Waals surface area contributed by atoms with Gasteiger partial charge >= 0.3 is 5.69 Å². The number of amides is 2. The molecular weight excluding hydrogens is 445 g/mol. The van der Waals surface area contributed by atoms with Crippen molar-refractivity contribution in [2.75, 3.05) is 13.7 Å². The number of halogens is 1. The SMILES string of the molecule is COc1cc(OCC(=O)N(Cc2ccc(F)cc2)C(C)C(=O)NC2CCCC2)ccc1[N+](=O)[O-]. The van der Waals surface area contributed by atoms with Gasteiger partial charge in [0.25, 0.3) is 5.91 Å². The van der Waals surface area contributed by atoms with Crippen molar-refractivity contribution in [1.29, 1.82) is 0 Å². The zero-order chi connectivity index (χ0) is 24.7. The Labute approximate surface area is 197 Å². The normalized spacial score (nSPS) is 14.3. The fourth-order valence-corrected chi connectivity index (χ4v) is 3.89. The lowest BCUT2D eigenvalue weighted by Crippen LogP contribution is -2.50. The van der Waals surface area contributed by atoms with Gasteiger partial charge in [-0.2, -0.15) is 0 Å². The average Bonchev–Trinajstić information content (AvgIpc) is 3.34. The van der Waals surface area contributed by atoms with E-state index in [4.69, 9.17) is 9.47 Å². The van der Waals surface area contributed by atoms with Crippen LogP contribution >= 0.6 is 0 Å². The zero-order valence-electron chi connectivity index (χ0n) is 19.2. The van der Waals surface area contributed by atoms with Gasteiger partial charge in [-0.05, 0) is 43.5 Å². The van der Waals surface area contributed by atoms with E-state index in [9.17, 15) is 24.1 Å². The number of ether oxygens (including phenoxy) is 2. The summed E-state index contributed by atoms with van der Waals surface area (Å²) in [7, 11) is 1.30. The third-order valence-electron chi connectivity index (χ3n) is 5.85. The molecule has 2 aromatic rings. The zero-order valence-corrected chi connectivity index (χ0v) is 19.2. The number of methoxy groups -OCH3 is 1. The molecule has 1 atom stereocenters. The Kier molecular flexibility index (Phi) is 8.39. The standard InChI is InChI=1S/C24H28FN3O6/c1-16(24(30)26-19-5-3-4-6-19)27(14-17-7-9-18(25)10-8-17)23(29)15-34-20-11-12-21(28(31)32)22(13-20)33-2/h7-13,16,19H,3-6,14-15H2,1-2H3,(H,26,30). The average molecular weight is 474 g/mol. The first-order valence-electron chi connectivity index (χ1n) is 11.1. The number of rotatable bonds is 10. The number of nitrogens with one attached hydrogen (secondary N) is 1. The van der Waals surface area contributed by atoms with Gasteiger partial charge in [0.15, 0.2) is 6.61 Å². The van der Waals surface area contributed by atoms with Gasteiger partial charge < -0.3 is 19.7 Å². The molecule has 2 amide bonds. The van der Waals surface area contributed by atoms with Crippen LogP contribution in [-0.4, -0.2) is 47.4 Å². The van der Waals surface area contributed by atoms with E-state index >= 15 is 0 Å². The summed E-state index contributed by atoms with van der Waals surface area (Å²) in [5, 5.41) is 14.1. The maximum atomic E-state index is 13.3. The maximum Gasteiger partial charge on any atom is 0.311 e. The minimum atomic E-state index is -0.784. The summed E-state index contributed by atoms with van der Waals surface area (Å²) in [6.45, 7) is 1.33. The van der Waals surface area contributed by atoms with Crippen LogP contribution in [0.3, 0.4) is 0 Å². The quantitative estimate of drug-likeness (QED) is 0.417. The Hall–Kier alpha value is -3.69. The highest BCUT2D eigenvalue weighted by Gasteiger charge is 2.29. The smallest absolute Gasteiger partial charge is 0.311 e. The van der Waals surface area contributed by atoms with Gasteiger partial charge in [-0.1, -0.05) is 25.0 Å². The number of hydrogen-bond acceptors (Lipinski definition) is 6. The monoisotopic (exact) mass is 473 g/mol. The Morgan fingerprint density at radius 3 is 2.50 bits per heavy atom. The number of hydrogen-bond donors (Lipinski definition) is 1. The van der Waals surface area contributed by atoms with Crippen molar-refractivity contribution < 1.29 is 28.4 Å². The molecule has 0 spiro atoms. The minimum Gasteiger partial charge on any atom is -0.490 e. The van der Waals surface area contributed by atoms with Crippen LogP contribution in [0.5, 0.6) is 11.5 Å². The van der Waals surface area contributed by atoms with Crippen molar-refractivity contribution in [2.45, 2.75) is 51.2 Å². The Morgan fingerprint density at radius 1 is 1.21 bits per heavy atom. The number of nitro groups is 1. The van der Waals surface area contributed by atoms with Gasteiger partial charge in [-0.3, -0.25) is 19.7 Å². The van der Waals surface area contributed by atoms with Crippen LogP contribution in [0.25, 0.3) is 0 Å². The predicted molar refractivity (Wildman–Crippen MR) is 122 cm³/mol. The van der Waals surface area contributed by atoms with Crippen molar-refractivity contribution in [1.82, 2.24) is 10.2 Å². The third kappa shape index (κ3) is 6.43. The van der Waals surface area contributed by atoms with Crippen LogP contribution < -0.4 is 14.8 Å². The highest BCUT2D eigenvalue weighted by molar-refractivity contribution is 5.88. The molecule has 1 aliphatic rings. The van der Waals surface area contributed by atoms with Gasteiger partial charge in [0.2, 0.25) is 11.7 Å². The Bertz CT molecular complexity index is 1020. The molecule has 1 aliphatic carbocycles. The summed E-state index contributed by atoms with van der Waals surface area (Å²) < 4.78 is 23.9. The first kappa shape index (κ1) is 24.9. The molecule has 34 heavy (non-hydrogen) atoms. The van der Waals surface area contributed by atoms with E-state index in [1.54, 1.807) is 19.1 Å². The van der Waals surface area contributed by atoms with Crippen molar-refractivity contribution in [3.8, 4) is 11.5 Å². The van der Waals surface area contributed by atoms with Crippen LogP contribution in [0.1, 0.15) is 38.2 Å². The molecule has 0 heterocycles. The van der Waals surface area contributed by atoms with E-state index in [1.807, 2.05) is 0 Å². The molecule has 1 N–H and O–H groups in total. The highest BCUT2D eigenvalue weighted by atomic mass is 19.1. The molecule has 1 unspecified atom stereocenters. The van der Waals surface area contributed by atoms with Crippen LogP contribution in [0.2, 0.25) is 0 Å². The van der Waals surface area contributed by atoms with E-state index in [2.05, 4.69) is 5.32 Å². The molecule has 0 saturated heterocycles. The van der Waals surface area contributed by atoms with Crippen molar-refractivity contribution in [3.63, 3.8) is 0 Å². The first-order valence-corrected chi connectivity index (χ1v) is 11.1. The predicted octanol–water partition coefficient (Wildman–Crippen LogP) is 3.60. The lowest BCUT2D eigenvalue weighted by atomic mass is 10.1. The van der Waals surface area contributed by atoms with E-state index in [0.717, 1.165) is 25.7 Å². The summed E-state index contributed by atoms with van der Waals surface area (Å²) in [5.41, 5.74) is 0.434. The molecule has 0 bridgehead atoms. The van der Waals surface area contributed by atoms with Crippen LogP contribution in [-0.2, 0) is 16.1 Å². The fraction of sp³-hybridized carbons (Fsp3) is 0.417. The summed E-state index contributed by atoms with van der Waals surface area (Å²) in [5.74, 6) is -0.915. The Balaban J connectivity index is 1.73. The number of carbonyl (C=O) groups excluding carboxylic acids is 2. The lowest BCUT2D eigenvalue weighted by molar-refractivity contribution is -0.385. The first-order chi connectivity index (χ1) is 16.3. The molecular formula is C24H28FN3O6. The van der Waals surface area contributed by atoms with Gasteiger partial charge in [-0.25, -0.2) is 4.39 Å². The van der Waals surface area contributed by atoms with Crippen molar-refractivity contribution in [3.05, 3.63) is 64.0 Å². The molecule has 3 rings (SSSR count). The van der Waals surface area contributed by atoms with E-state index in [1.165, 1.54) is 42.3 Å². The molecule has 10 heteroatoms. The van der Waals surface area contributed by atoms with E-state index in [-0.39, 0.29) is 35.7 Å². The topological polar surface area (TPSA) is 111 Å². The van der Waals surface area contributed by atoms with Gasteiger partial charge in [0, 0.05) is 24.7 Å². The van der Waals surface area contributed by atoms with E-state index in [0.29, 0.717) is 5.56 Å².